The van der Waals surface area contributed by atoms with Gasteiger partial charge in [-0.05, 0) is 30.5 Å². The van der Waals surface area contributed by atoms with Gasteiger partial charge in [0.05, 0.1) is 11.3 Å². The fourth-order valence-corrected chi connectivity index (χ4v) is 4.09. The molecule has 1 aromatic heterocycles. The van der Waals surface area contributed by atoms with Crippen LogP contribution in [0, 0.1) is 11.3 Å². The van der Waals surface area contributed by atoms with Crippen LogP contribution in [0.2, 0.25) is 0 Å². The van der Waals surface area contributed by atoms with E-state index in [4.69, 9.17) is 15.7 Å². The van der Waals surface area contributed by atoms with Crippen molar-refractivity contribution < 1.29 is 22.7 Å². The number of esters is 1. The van der Waals surface area contributed by atoms with Gasteiger partial charge in [-0.3, -0.25) is 9.52 Å². The number of rotatable bonds is 7. The number of nitrogens with one attached hydrogen (secondary N) is 1. The van der Waals surface area contributed by atoms with Crippen molar-refractivity contribution in [3.05, 3.63) is 58.6 Å². The Kier molecular flexibility index (Phi) is 6.33. The number of carbonyl (C=O) groups is 2. The highest BCUT2D eigenvalue weighted by atomic mass is 32.2. The van der Waals surface area contributed by atoms with Crippen LogP contribution in [-0.4, -0.2) is 26.8 Å². The highest BCUT2D eigenvalue weighted by Crippen LogP contribution is 2.23. The molecule has 8 nitrogen and oxygen atoms in total. The fourth-order valence-electron chi connectivity index (χ4n) is 2.01. The molecule has 0 aliphatic rings. The summed E-state index contributed by atoms with van der Waals surface area (Å²) in [6.45, 7) is 0.690. The van der Waals surface area contributed by atoms with Gasteiger partial charge in [-0.15, -0.1) is 11.3 Å². The van der Waals surface area contributed by atoms with Crippen molar-refractivity contribution in [1.29, 1.82) is 5.26 Å². The molecule has 0 amide bonds. The number of nitrogens with zero attached hydrogens (tertiary/aromatic N) is 1. The summed E-state index contributed by atoms with van der Waals surface area (Å²) in [5.41, 5.74) is 5.08. The van der Waals surface area contributed by atoms with Crippen LogP contribution in [0.3, 0.4) is 0 Å². The lowest BCUT2D eigenvalue weighted by Gasteiger charge is -2.11. The molecule has 0 fully saturated rings. The molecule has 10 heteroatoms. The lowest BCUT2D eigenvalue weighted by Crippen LogP contribution is -2.19. The van der Waals surface area contributed by atoms with Crippen molar-refractivity contribution in [2.75, 3.05) is 11.3 Å². The molecule has 0 atom stereocenters. The number of ether oxygens (including phenoxy) is 1. The summed E-state index contributed by atoms with van der Waals surface area (Å²) >= 11 is 1.03. The predicted molar refractivity (Wildman–Crippen MR) is 99.4 cm³/mol. The molecular formula is C17H15N3O5S2. The number of hydrogen-bond donors (Lipinski definition) is 2. The molecular weight excluding hydrogens is 390 g/mol. The first-order valence-electron chi connectivity index (χ1n) is 7.48. The van der Waals surface area contributed by atoms with Gasteiger partial charge in [0.2, 0.25) is 5.78 Å². The van der Waals surface area contributed by atoms with Gasteiger partial charge < -0.3 is 10.5 Å². The number of benzene rings is 1. The average molecular weight is 405 g/mol. The Bertz CT molecular complexity index is 1030. The molecule has 27 heavy (non-hydrogen) atoms. The second-order valence-corrected chi connectivity index (χ2v) is 8.11. The molecule has 3 N–H and O–H groups in total. The number of ketones is 1. The van der Waals surface area contributed by atoms with Crippen molar-refractivity contribution in [3.8, 4) is 6.07 Å². The quantitative estimate of drug-likeness (QED) is 0.408. The van der Waals surface area contributed by atoms with Crippen LogP contribution in [0.1, 0.15) is 17.3 Å². The third-order valence-corrected chi connectivity index (χ3v) is 6.03. The fraction of sp³-hybridized carbons (Fsp3) is 0.118. The minimum Gasteiger partial charge on any atom is -0.454 e. The zero-order chi connectivity index (χ0) is 20.0. The van der Waals surface area contributed by atoms with E-state index in [-0.39, 0.29) is 26.7 Å². The van der Waals surface area contributed by atoms with Gasteiger partial charge in [0.15, 0.2) is 6.61 Å². The highest BCUT2D eigenvalue weighted by molar-refractivity contribution is 7.94. The first kappa shape index (κ1) is 20.2. The molecule has 0 radical (unpaired) electrons. The third kappa shape index (κ3) is 4.93. The molecule has 0 saturated heterocycles. The van der Waals surface area contributed by atoms with Gasteiger partial charge in [0, 0.05) is 5.70 Å². The van der Waals surface area contributed by atoms with Crippen LogP contribution in [0.5, 0.6) is 0 Å². The predicted octanol–water partition coefficient (Wildman–Crippen LogP) is 2.03. The van der Waals surface area contributed by atoms with E-state index in [0.717, 1.165) is 11.3 Å². The second-order valence-electron chi connectivity index (χ2n) is 5.25. The van der Waals surface area contributed by atoms with Crippen LogP contribution >= 0.6 is 11.3 Å². The maximum atomic E-state index is 12.3. The number of allylic oxidation sites excluding steroid dienone is 1. The van der Waals surface area contributed by atoms with E-state index in [1.165, 1.54) is 31.2 Å². The van der Waals surface area contributed by atoms with Crippen LogP contribution in [-0.2, 0) is 19.6 Å². The van der Waals surface area contributed by atoms with Crippen molar-refractivity contribution in [2.45, 2.75) is 11.1 Å². The van der Waals surface area contributed by atoms with Gasteiger partial charge >= 0.3 is 5.97 Å². The highest BCUT2D eigenvalue weighted by Gasteiger charge is 2.21. The van der Waals surface area contributed by atoms with Gasteiger partial charge in [-0.1, -0.05) is 18.2 Å². The minimum absolute atomic E-state index is 0.00871. The van der Waals surface area contributed by atoms with E-state index in [1.54, 1.807) is 23.6 Å². The third-order valence-electron chi connectivity index (χ3n) is 3.27. The first-order valence-corrected chi connectivity index (χ1v) is 9.84. The topological polar surface area (TPSA) is 139 Å². The number of Topliss-reactive ketones (excluding diaryl/α,β-unsaturated/α-hetero) is 1. The van der Waals surface area contributed by atoms with Gasteiger partial charge in [0.1, 0.15) is 15.9 Å². The molecule has 0 saturated carbocycles. The van der Waals surface area contributed by atoms with Crippen molar-refractivity contribution >= 4 is 38.8 Å². The largest absolute Gasteiger partial charge is 0.454 e. The molecule has 0 bridgehead atoms. The molecule has 0 unspecified atom stereocenters. The SMILES string of the molecule is C/C(N)=C(/C#N)C(=O)COC(=O)c1ccccc1NS(=O)(=O)c1cccs1. The van der Waals surface area contributed by atoms with Crippen LogP contribution in [0.15, 0.2) is 57.3 Å². The van der Waals surface area contributed by atoms with Gasteiger partial charge in [-0.2, -0.15) is 5.26 Å². The normalized spacial score (nSPS) is 11.9. The average Bonchev–Trinajstić information content (AvgIpc) is 3.16. The van der Waals surface area contributed by atoms with Crippen LogP contribution in [0.4, 0.5) is 5.69 Å². The standard InChI is InChI=1S/C17H15N3O5S2/c1-11(19)13(9-18)15(21)10-25-17(22)12-5-2-3-6-14(12)20-27(23,24)16-7-4-8-26-16/h2-8,20H,10,19H2,1H3/b13-11+. The number of thiophene rings is 1. The number of hydrogen-bond acceptors (Lipinski definition) is 8. The van der Waals surface area contributed by atoms with E-state index in [9.17, 15) is 18.0 Å². The smallest absolute Gasteiger partial charge is 0.340 e. The Morgan fingerprint density at radius 2 is 1.96 bits per heavy atom. The molecule has 2 rings (SSSR count). The number of carbonyl (C=O) groups excluding carboxylic acids is 2. The summed E-state index contributed by atoms with van der Waals surface area (Å²) in [7, 11) is -3.86. The van der Waals surface area contributed by atoms with Crippen molar-refractivity contribution in [3.63, 3.8) is 0 Å². The maximum absolute atomic E-state index is 12.3. The minimum atomic E-state index is -3.86. The van der Waals surface area contributed by atoms with Crippen molar-refractivity contribution in [2.24, 2.45) is 5.73 Å². The summed E-state index contributed by atoms with van der Waals surface area (Å²) in [5, 5.41) is 10.5. The monoisotopic (exact) mass is 405 g/mol. The first-order chi connectivity index (χ1) is 12.8. The Morgan fingerprint density at radius 1 is 1.26 bits per heavy atom. The number of para-hydroxylation sites is 1. The summed E-state index contributed by atoms with van der Waals surface area (Å²) in [5.74, 6) is -1.66. The second kappa shape index (κ2) is 8.48. The number of sulfonamides is 1. The maximum Gasteiger partial charge on any atom is 0.340 e. The lowest BCUT2D eigenvalue weighted by atomic mass is 10.1. The summed E-state index contributed by atoms with van der Waals surface area (Å²) in [6, 6.07) is 10.5. The zero-order valence-corrected chi connectivity index (χ0v) is 15.8. The lowest BCUT2D eigenvalue weighted by molar-refractivity contribution is -0.118. The summed E-state index contributed by atoms with van der Waals surface area (Å²) in [4.78, 5) is 24.2. The van der Waals surface area contributed by atoms with E-state index >= 15 is 0 Å². The Labute approximate surface area is 159 Å². The molecule has 1 heterocycles. The Hall–Kier alpha value is -3.16. The Balaban J connectivity index is 2.18. The summed E-state index contributed by atoms with van der Waals surface area (Å²) in [6.07, 6.45) is 0. The Morgan fingerprint density at radius 3 is 2.56 bits per heavy atom. The van der Waals surface area contributed by atoms with Gasteiger partial charge in [-0.25, -0.2) is 13.2 Å². The molecule has 140 valence electrons. The number of nitriles is 1. The van der Waals surface area contributed by atoms with E-state index in [1.807, 2.05) is 0 Å². The number of nitrogens with two attached hydrogens (primary N) is 1. The molecule has 0 spiro atoms. The van der Waals surface area contributed by atoms with E-state index in [0.29, 0.717) is 0 Å². The van der Waals surface area contributed by atoms with Crippen LogP contribution < -0.4 is 10.5 Å². The summed E-state index contributed by atoms with van der Waals surface area (Å²) < 4.78 is 32.0. The van der Waals surface area contributed by atoms with E-state index in [2.05, 4.69) is 4.72 Å². The zero-order valence-electron chi connectivity index (χ0n) is 14.1. The molecule has 0 aliphatic heterocycles. The van der Waals surface area contributed by atoms with E-state index < -0.39 is 28.4 Å². The number of anilines is 1. The molecule has 0 aliphatic carbocycles. The van der Waals surface area contributed by atoms with Gasteiger partial charge in [0.25, 0.3) is 10.0 Å². The molecule has 2 aromatic rings. The molecule has 1 aromatic carbocycles. The van der Waals surface area contributed by atoms with Crippen molar-refractivity contribution in [1.82, 2.24) is 0 Å². The van der Waals surface area contributed by atoms with Crippen LogP contribution in [0.25, 0.3) is 0 Å².